The average Bonchev–Trinajstić information content (AvgIpc) is 2.01. The van der Waals surface area contributed by atoms with Crippen molar-refractivity contribution in [2.45, 2.75) is 0 Å². The molecular formula is C6H9N3O6. The van der Waals surface area contributed by atoms with Gasteiger partial charge >= 0.3 is 18.3 Å². The number of nitrogens with zero attached hydrogens (tertiary/aromatic N) is 1. The molecule has 9 heteroatoms. The molecule has 0 aliphatic carbocycles. The monoisotopic (exact) mass is 219 g/mol. The van der Waals surface area contributed by atoms with Crippen LogP contribution in [0, 0.1) is 0 Å². The summed E-state index contributed by atoms with van der Waals surface area (Å²) in [6.45, 7) is 2.49. The van der Waals surface area contributed by atoms with Gasteiger partial charge in [-0.15, -0.1) is 0 Å². The smallest absolute Gasteiger partial charge is 0.414 e. The standard InChI is InChI=1S/C6H9N3O6/c1-3(8-5(12)13)9(6(14)15)2-7-4(10)11/h7-8H,1-2H2,(H,10,11)(H,12,13)(H,14,15). The molecular weight excluding hydrogens is 210 g/mol. The highest BCUT2D eigenvalue weighted by molar-refractivity contribution is 5.72. The Labute approximate surface area is 83.6 Å². The Kier molecular flexibility index (Phi) is 4.45. The van der Waals surface area contributed by atoms with E-state index in [-0.39, 0.29) is 0 Å². The highest BCUT2D eigenvalue weighted by Crippen LogP contribution is 1.96. The van der Waals surface area contributed by atoms with Gasteiger partial charge in [0.15, 0.2) is 0 Å². The summed E-state index contributed by atoms with van der Waals surface area (Å²) < 4.78 is 0. The van der Waals surface area contributed by atoms with Crippen molar-refractivity contribution in [1.82, 2.24) is 15.5 Å². The van der Waals surface area contributed by atoms with Gasteiger partial charge in [0, 0.05) is 0 Å². The van der Waals surface area contributed by atoms with Gasteiger partial charge in [0.1, 0.15) is 12.5 Å². The van der Waals surface area contributed by atoms with Gasteiger partial charge in [0.2, 0.25) is 0 Å². The number of rotatable bonds is 4. The number of hydrogen-bond acceptors (Lipinski definition) is 3. The minimum atomic E-state index is -1.54. The van der Waals surface area contributed by atoms with Crippen LogP contribution >= 0.6 is 0 Å². The molecule has 0 aromatic rings. The summed E-state index contributed by atoms with van der Waals surface area (Å²) in [5.74, 6) is -0.469. The van der Waals surface area contributed by atoms with Gasteiger partial charge in [-0.1, -0.05) is 6.58 Å². The van der Waals surface area contributed by atoms with E-state index in [9.17, 15) is 14.4 Å². The van der Waals surface area contributed by atoms with Crippen molar-refractivity contribution in [3.63, 3.8) is 0 Å². The van der Waals surface area contributed by atoms with Crippen LogP contribution in [0.4, 0.5) is 14.4 Å². The van der Waals surface area contributed by atoms with Gasteiger partial charge in [0.25, 0.3) is 0 Å². The van der Waals surface area contributed by atoms with Crippen LogP contribution in [0.2, 0.25) is 0 Å². The van der Waals surface area contributed by atoms with Crippen LogP contribution in [0.1, 0.15) is 0 Å². The van der Waals surface area contributed by atoms with Gasteiger partial charge in [-0.2, -0.15) is 0 Å². The molecule has 9 nitrogen and oxygen atoms in total. The molecule has 0 atom stereocenters. The third-order valence-electron chi connectivity index (χ3n) is 1.20. The van der Waals surface area contributed by atoms with E-state index in [1.54, 1.807) is 10.6 Å². The van der Waals surface area contributed by atoms with Crippen molar-refractivity contribution < 1.29 is 29.7 Å². The molecule has 0 aromatic carbocycles. The highest BCUT2D eigenvalue weighted by atomic mass is 16.4. The van der Waals surface area contributed by atoms with Gasteiger partial charge < -0.3 is 20.6 Å². The summed E-state index contributed by atoms with van der Waals surface area (Å²) in [5.41, 5.74) is 0. The molecule has 0 aliphatic rings. The molecule has 0 bridgehead atoms. The molecule has 0 aliphatic heterocycles. The van der Waals surface area contributed by atoms with E-state index in [1.165, 1.54) is 0 Å². The lowest BCUT2D eigenvalue weighted by Crippen LogP contribution is -2.43. The van der Waals surface area contributed by atoms with Crippen LogP contribution in [0.5, 0.6) is 0 Å². The Balaban J connectivity index is 4.38. The summed E-state index contributed by atoms with van der Waals surface area (Å²) in [7, 11) is 0. The molecule has 0 saturated carbocycles. The molecule has 5 N–H and O–H groups in total. The largest absolute Gasteiger partial charge is 0.465 e. The van der Waals surface area contributed by atoms with Crippen molar-refractivity contribution in [3.8, 4) is 0 Å². The Morgan fingerprint density at radius 1 is 1.13 bits per heavy atom. The summed E-state index contributed by atoms with van der Waals surface area (Å²) in [4.78, 5) is 31.1. The quantitative estimate of drug-likeness (QED) is 0.419. The second-order valence-electron chi connectivity index (χ2n) is 2.23. The molecule has 3 amide bonds. The maximum atomic E-state index is 10.5. The van der Waals surface area contributed by atoms with E-state index in [4.69, 9.17) is 15.3 Å². The zero-order valence-corrected chi connectivity index (χ0v) is 7.43. The molecule has 0 unspecified atom stereocenters. The Morgan fingerprint density at radius 2 is 1.67 bits per heavy atom. The third-order valence-corrected chi connectivity index (χ3v) is 1.20. The van der Waals surface area contributed by atoms with Crippen molar-refractivity contribution in [2.24, 2.45) is 0 Å². The average molecular weight is 219 g/mol. The van der Waals surface area contributed by atoms with Crippen LogP contribution in [0.3, 0.4) is 0 Å². The molecule has 0 aromatic heterocycles. The lowest BCUT2D eigenvalue weighted by Gasteiger charge is -2.20. The predicted molar refractivity (Wildman–Crippen MR) is 46.2 cm³/mol. The van der Waals surface area contributed by atoms with E-state index >= 15 is 0 Å². The van der Waals surface area contributed by atoms with Crippen molar-refractivity contribution in [1.29, 1.82) is 0 Å². The van der Waals surface area contributed by atoms with Crippen LogP contribution in [0.15, 0.2) is 12.4 Å². The van der Waals surface area contributed by atoms with Crippen LogP contribution in [0.25, 0.3) is 0 Å². The zero-order valence-electron chi connectivity index (χ0n) is 7.43. The fourth-order valence-corrected chi connectivity index (χ4v) is 0.616. The molecule has 0 saturated heterocycles. The van der Waals surface area contributed by atoms with Gasteiger partial charge in [0.05, 0.1) is 0 Å². The normalized spacial score (nSPS) is 8.80. The van der Waals surface area contributed by atoms with E-state index in [2.05, 4.69) is 6.58 Å². The van der Waals surface area contributed by atoms with E-state index in [1.807, 2.05) is 0 Å². The maximum Gasteiger partial charge on any atom is 0.414 e. The maximum absolute atomic E-state index is 10.5. The fraction of sp³-hybridized carbons (Fsp3) is 0.167. The first kappa shape index (κ1) is 12.6. The van der Waals surface area contributed by atoms with Crippen molar-refractivity contribution >= 4 is 18.3 Å². The molecule has 84 valence electrons. The number of hydrogen-bond donors (Lipinski definition) is 5. The lowest BCUT2D eigenvalue weighted by atomic mass is 10.6. The summed E-state index contributed by atoms with van der Waals surface area (Å²) >= 11 is 0. The van der Waals surface area contributed by atoms with Crippen LogP contribution in [-0.4, -0.2) is 45.2 Å². The number of amides is 3. The summed E-state index contributed by atoms with van der Waals surface area (Å²) in [6, 6.07) is 0. The Hall–Kier alpha value is -2.45. The first-order chi connectivity index (χ1) is 6.84. The Bertz CT molecular complexity index is 301. The van der Waals surface area contributed by atoms with E-state index < -0.39 is 30.8 Å². The lowest BCUT2D eigenvalue weighted by molar-refractivity contribution is 0.147. The molecule has 0 fully saturated rings. The van der Waals surface area contributed by atoms with Gasteiger partial charge in [-0.05, 0) is 0 Å². The number of nitrogens with one attached hydrogen (secondary N) is 2. The SMILES string of the molecule is C=C(NC(=O)O)N(CNC(=O)O)C(=O)O. The topological polar surface area (TPSA) is 139 Å². The van der Waals surface area contributed by atoms with Gasteiger partial charge in [-0.25, -0.2) is 19.3 Å². The van der Waals surface area contributed by atoms with Crippen LogP contribution < -0.4 is 10.6 Å². The molecule has 0 heterocycles. The van der Waals surface area contributed by atoms with Crippen molar-refractivity contribution in [2.75, 3.05) is 6.67 Å². The first-order valence-electron chi connectivity index (χ1n) is 3.50. The molecule has 0 radical (unpaired) electrons. The predicted octanol–water partition coefficient (Wildman–Crippen LogP) is -0.0697. The molecule has 0 spiro atoms. The Morgan fingerprint density at radius 3 is 2.00 bits per heavy atom. The second-order valence-corrected chi connectivity index (χ2v) is 2.23. The third kappa shape index (κ3) is 4.98. The number of carboxylic acid groups (broad SMARTS) is 3. The second kappa shape index (κ2) is 5.32. The zero-order chi connectivity index (χ0) is 12.0. The van der Waals surface area contributed by atoms with E-state index in [0.717, 1.165) is 0 Å². The number of carbonyl (C=O) groups is 3. The first-order valence-corrected chi connectivity index (χ1v) is 3.50. The van der Waals surface area contributed by atoms with Crippen LogP contribution in [-0.2, 0) is 0 Å². The fourth-order valence-electron chi connectivity index (χ4n) is 0.616. The van der Waals surface area contributed by atoms with E-state index in [0.29, 0.717) is 4.90 Å². The highest BCUT2D eigenvalue weighted by Gasteiger charge is 2.17. The molecule has 0 rings (SSSR count). The summed E-state index contributed by atoms with van der Waals surface area (Å²) in [5, 5.41) is 28.5. The minimum absolute atomic E-state index is 0.391. The minimum Gasteiger partial charge on any atom is -0.465 e. The summed E-state index contributed by atoms with van der Waals surface area (Å²) in [6.07, 6.45) is -4.48. The molecule has 15 heavy (non-hydrogen) atoms. The van der Waals surface area contributed by atoms with Crippen molar-refractivity contribution in [3.05, 3.63) is 12.4 Å². The van der Waals surface area contributed by atoms with Gasteiger partial charge in [-0.3, -0.25) is 5.32 Å².